The Hall–Kier alpha value is -2.02. The van der Waals surface area contributed by atoms with Gasteiger partial charge in [0, 0.05) is 43.6 Å². The predicted molar refractivity (Wildman–Crippen MR) is 86.8 cm³/mol. The average molecular weight is 352 g/mol. The van der Waals surface area contributed by atoms with Gasteiger partial charge in [0.05, 0.1) is 6.61 Å². The van der Waals surface area contributed by atoms with E-state index in [4.69, 9.17) is 5.11 Å². The molecule has 1 aromatic carbocycles. The summed E-state index contributed by atoms with van der Waals surface area (Å²) in [5, 5.41) is 9.14. The smallest absolute Gasteiger partial charge is 0.253 e. The van der Waals surface area contributed by atoms with Gasteiger partial charge in [-0.3, -0.25) is 9.59 Å². The lowest BCUT2D eigenvalue weighted by molar-refractivity contribution is -0.139. The number of piperidine rings is 2. The third-order valence-electron chi connectivity index (χ3n) is 5.23. The van der Waals surface area contributed by atoms with Crippen LogP contribution in [0.1, 0.15) is 36.0 Å². The van der Waals surface area contributed by atoms with Crippen molar-refractivity contribution in [1.82, 2.24) is 9.80 Å². The molecule has 1 aromatic rings. The molecule has 1 spiro atoms. The lowest BCUT2D eigenvalue weighted by atomic mass is 9.73. The number of halogens is 2. The number of hydrogen-bond acceptors (Lipinski definition) is 3. The molecular weight excluding hydrogens is 330 g/mol. The van der Waals surface area contributed by atoms with E-state index in [0.717, 1.165) is 25.0 Å². The van der Waals surface area contributed by atoms with Crippen LogP contribution < -0.4 is 0 Å². The van der Waals surface area contributed by atoms with E-state index in [1.165, 1.54) is 6.07 Å². The number of likely N-dealkylation sites (tertiary alicyclic amines) is 2. The fraction of sp³-hybridized carbons (Fsp3) is 0.556. The van der Waals surface area contributed by atoms with E-state index in [2.05, 4.69) is 0 Å². The van der Waals surface area contributed by atoms with Gasteiger partial charge in [0.15, 0.2) is 11.6 Å². The Labute approximate surface area is 145 Å². The van der Waals surface area contributed by atoms with Gasteiger partial charge in [-0.2, -0.15) is 0 Å². The van der Waals surface area contributed by atoms with Gasteiger partial charge in [-0.1, -0.05) is 0 Å². The Morgan fingerprint density at radius 2 is 2.00 bits per heavy atom. The zero-order chi connectivity index (χ0) is 18.0. The number of amides is 2. The molecule has 2 aliphatic heterocycles. The van der Waals surface area contributed by atoms with E-state index in [-0.39, 0.29) is 29.4 Å². The molecule has 136 valence electrons. The standard InChI is InChI=1S/C18H22F2N2O3/c19-14-3-2-13(10-15(14)20)17(25)22-7-1-5-18(12-22)6-4-16(24)21(11-18)8-9-23/h2-3,10,23H,1,4-9,11-12H2. The summed E-state index contributed by atoms with van der Waals surface area (Å²) in [6.45, 7) is 1.79. The second kappa shape index (κ2) is 7.07. The first-order valence-electron chi connectivity index (χ1n) is 8.57. The fourth-order valence-electron chi connectivity index (χ4n) is 3.95. The average Bonchev–Trinajstić information content (AvgIpc) is 2.60. The van der Waals surface area contributed by atoms with Crippen LogP contribution in [0.25, 0.3) is 0 Å². The van der Waals surface area contributed by atoms with Gasteiger partial charge in [-0.25, -0.2) is 8.78 Å². The van der Waals surface area contributed by atoms with Gasteiger partial charge in [0.25, 0.3) is 5.91 Å². The number of hydrogen-bond donors (Lipinski definition) is 1. The molecule has 0 radical (unpaired) electrons. The first kappa shape index (κ1) is 17.8. The monoisotopic (exact) mass is 352 g/mol. The minimum Gasteiger partial charge on any atom is -0.395 e. The van der Waals surface area contributed by atoms with E-state index in [1.807, 2.05) is 0 Å². The Bertz CT molecular complexity index is 682. The summed E-state index contributed by atoms with van der Waals surface area (Å²) in [7, 11) is 0. The molecule has 1 atom stereocenters. The molecule has 1 N–H and O–H groups in total. The molecule has 1 unspecified atom stereocenters. The van der Waals surface area contributed by atoms with Crippen molar-refractivity contribution in [3.05, 3.63) is 35.4 Å². The van der Waals surface area contributed by atoms with Crippen molar-refractivity contribution in [2.24, 2.45) is 5.41 Å². The minimum atomic E-state index is -1.03. The SMILES string of the molecule is O=C1CCC2(CCCN(C(=O)c3ccc(F)c(F)c3)C2)CN1CCO. The van der Waals surface area contributed by atoms with Crippen molar-refractivity contribution in [3.8, 4) is 0 Å². The molecule has 25 heavy (non-hydrogen) atoms. The van der Waals surface area contributed by atoms with E-state index < -0.39 is 11.6 Å². The number of rotatable bonds is 3. The van der Waals surface area contributed by atoms with Crippen molar-refractivity contribution < 1.29 is 23.5 Å². The van der Waals surface area contributed by atoms with Crippen LogP contribution in [-0.4, -0.2) is 59.5 Å². The Morgan fingerprint density at radius 1 is 1.20 bits per heavy atom. The molecule has 0 aromatic heterocycles. The summed E-state index contributed by atoms with van der Waals surface area (Å²) < 4.78 is 26.5. The first-order valence-corrected chi connectivity index (χ1v) is 8.57. The van der Waals surface area contributed by atoms with Crippen LogP contribution in [0, 0.1) is 17.0 Å². The van der Waals surface area contributed by atoms with Gasteiger partial charge in [0.1, 0.15) is 0 Å². The molecule has 0 saturated carbocycles. The van der Waals surface area contributed by atoms with Crippen LogP contribution in [0.5, 0.6) is 0 Å². The van der Waals surface area contributed by atoms with Gasteiger partial charge in [0.2, 0.25) is 5.91 Å². The maximum absolute atomic E-state index is 13.4. The quantitative estimate of drug-likeness (QED) is 0.902. The van der Waals surface area contributed by atoms with Crippen LogP contribution in [0.3, 0.4) is 0 Å². The minimum absolute atomic E-state index is 0.0312. The normalized spacial score (nSPS) is 24.0. The van der Waals surface area contributed by atoms with Crippen LogP contribution in [0.15, 0.2) is 18.2 Å². The van der Waals surface area contributed by atoms with Crippen molar-refractivity contribution in [2.75, 3.05) is 32.8 Å². The van der Waals surface area contributed by atoms with Gasteiger partial charge < -0.3 is 14.9 Å². The summed E-state index contributed by atoms with van der Waals surface area (Å²) in [6, 6.07) is 3.19. The summed E-state index contributed by atoms with van der Waals surface area (Å²) in [6.07, 6.45) is 2.82. The zero-order valence-electron chi connectivity index (χ0n) is 14.0. The number of carbonyl (C=O) groups is 2. The highest BCUT2D eigenvalue weighted by Gasteiger charge is 2.42. The van der Waals surface area contributed by atoms with Crippen molar-refractivity contribution in [2.45, 2.75) is 25.7 Å². The van der Waals surface area contributed by atoms with Crippen molar-refractivity contribution >= 4 is 11.8 Å². The van der Waals surface area contributed by atoms with E-state index in [0.29, 0.717) is 39.0 Å². The summed E-state index contributed by atoms with van der Waals surface area (Å²) >= 11 is 0. The van der Waals surface area contributed by atoms with Gasteiger partial charge in [-0.15, -0.1) is 0 Å². The zero-order valence-corrected chi connectivity index (χ0v) is 14.0. The first-order chi connectivity index (χ1) is 11.9. The third kappa shape index (κ3) is 3.66. The largest absolute Gasteiger partial charge is 0.395 e. The predicted octanol–water partition coefficient (Wildman–Crippen LogP) is 1.80. The maximum Gasteiger partial charge on any atom is 0.253 e. The van der Waals surface area contributed by atoms with Gasteiger partial charge >= 0.3 is 0 Å². The van der Waals surface area contributed by atoms with E-state index >= 15 is 0 Å². The third-order valence-corrected chi connectivity index (χ3v) is 5.23. The lowest BCUT2D eigenvalue weighted by Gasteiger charge is -2.48. The lowest BCUT2D eigenvalue weighted by Crippen LogP contribution is -2.55. The number of nitrogens with zero attached hydrogens (tertiary/aromatic N) is 2. The summed E-state index contributed by atoms with van der Waals surface area (Å²) in [5.74, 6) is -2.29. The maximum atomic E-state index is 13.4. The molecule has 2 heterocycles. The highest BCUT2D eigenvalue weighted by atomic mass is 19.2. The molecule has 3 rings (SSSR count). The molecule has 2 saturated heterocycles. The highest BCUT2D eigenvalue weighted by molar-refractivity contribution is 5.94. The van der Waals surface area contributed by atoms with Crippen LogP contribution in [0.2, 0.25) is 0 Å². The molecule has 7 heteroatoms. The van der Waals surface area contributed by atoms with Crippen LogP contribution >= 0.6 is 0 Å². The molecule has 0 bridgehead atoms. The molecule has 5 nitrogen and oxygen atoms in total. The van der Waals surface area contributed by atoms with Crippen LogP contribution in [-0.2, 0) is 4.79 Å². The molecule has 2 aliphatic rings. The molecule has 2 fully saturated rings. The van der Waals surface area contributed by atoms with E-state index in [1.54, 1.807) is 9.80 Å². The second-order valence-electron chi connectivity index (χ2n) is 7.00. The second-order valence-corrected chi connectivity index (χ2v) is 7.00. The number of carbonyl (C=O) groups excluding carboxylic acids is 2. The van der Waals surface area contributed by atoms with Crippen LogP contribution in [0.4, 0.5) is 8.78 Å². The Balaban J connectivity index is 1.75. The highest BCUT2D eigenvalue weighted by Crippen LogP contribution is 2.39. The Kier molecular flexibility index (Phi) is 5.03. The molecule has 0 aliphatic carbocycles. The summed E-state index contributed by atoms with van der Waals surface area (Å²) in [4.78, 5) is 28.0. The van der Waals surface area contributed by atoms with Crippen molar-refractivity contribution in [1.29, 1.82) is 0 Å². The number of benzene rings is 1. The molecule has 2 amide bonds. The van der Waals surface area contributed by atoms with Crippen molar-refractivity contribution in [3.63, 3.8) is 0 Å². The summed E-state index contributed by atoms with van der Waals surface area (Å²) in [5.41, 5.74) is -0.0506. The topological polar surface area (TPSA) is 60.9 Å². The fourth-order valence-corrected chi connectivity index (χ4v) is 3.95. The number of aliphatic hydroxyl groups excluding tert-OH is 1. The van der Waals surface area contributed by atoms with E-state index in [9.17, 15) is 18.4 Å². The van der Waals surface area contributed by atoms with Gasteiger partial charge in [-0.05, 0) is 37.5 Å². The Morgan fingerprint density at radius 3 is 2.72 bits per heavy atom. The number of aliphatic hydroxyl groups is 1. The molecular formula is C18H22F2N2O3. The number of β-amino-alcohol motifs (C(OH)–C–C–N with tert-alkyl or cyclic N) is 1.